The summed E-state index contributed by atoms with van der Waals surface area (Å²) in [5, 5.41) is 11.1. The zero-order valence-electron chi connectivity index (χ0n) is 11.6. The van der Waals surface area contributed by atoms with E-state index in [4.69, 9.17) is 5.11 Å². The maximum absolute atomic E-state index is 8.34. The molecule has 3 aromatic rings. The molecule has 102 valence electrons. The van der Waals surface area contributed by atoms with Crippen molar-refractivity contribution in [2.45, 2.75) is 0 Å². The van der Waals surface area contributed by atoms with E-state index in [2.05, 4.69) is 48.6 Å². The van der Waals surface area contributed by atoms with E-state index in [1.807, 2.05) is 30.3 Å². The standard InChI is InChI=1S/C12H8.C8H8O/c1-3-9-4-2-6-11-8-7-10(5-1)12(9)11;9-7-6-8-4-2-1-3-5-8/h1-8H;1-7,9H. The van der Waals surface area contributed by atoms with Crippen molar-refractivity contribution in [2.24, 2.45) is 0 Å². The van der Waals surface area contributed by atoms with Gasteiger partial charge in [-0.25, -0.2) is 0 Å². The zero-order valence-corrected chi connectivity index (χ0v) is 11.6. The molecule has 1 nitrogen and oxygen atoms in total. The average molecular weight is 272 g/mol. The van der Waals surface area contributed by atoms with Crippen molar-refractivity contribution >= 4 is 29.0 Å². The normalized spacial score (nSPS) is 11.6. The molecule has 0 unspecified atom stereocenters. The molecule has 3 aromatic carbocycles. The lowest BCUT2D eigenvalue weighted by molar-refractivity contribution is 0.478. The van der Waals surface area contributed by atoms with Gasteiger partial charge in [-0.1, -0.05) is 78.9 Å². The van der Waals surface area contributed by atoms with Crippen LogP contribution in [-0.2, 0) is 0 Å². The Balaban J connectivity index is 0.000000133. The third-order valence-corrected chi connectivity index (χ3v) is 3.48. The van der Waals surface area contributed by atoms with Gasteiger partial charge in [0.2, 0.25) is 0 Å². The quantitative estimate of drug-likeness (QED) is 0.451. The second kappa shape index (κ2) is 6.10. The van der Waals surface area contributed by atoms with Crippen molar-refractivity contribution in [3.8, 4) is 0 Å². The Labute approximate surface area is 124 Å². The number of hydrogen-bond acceptors (Lipinski definition) is 1. The minimum atomic E-state index is 1.01. The van der Waals surface area contributed by atoms with Crippen LogP contribution in [0.4, 0.5) is 0 Å². The molecule has 1 heteroatoms. The fraction of sp³-hybridized carbons (Fsp3) is 0. The van der Waals surface area contributed by atoms with Crippen LogP contribution in [0.1, 0.15) is 16.7 Å². The predicted octanol–water partition coefficient (Wildman–Crippen LogP) is 5.54. The molecule has 0 spiro atoms. The van der Waals surface area contributed by atoms with E-state index in [-0.39, 0.29) is 0 Å². The summed E-state index contributed by atoms with van der Waals surface area (Å²) >= 11 is 0. The fourth-order valence-corrected chi connectivity index (χ4v) is 2.51. The highest BCUT2D eigenvalue weighted by Crippen LogP contribution is 2.30. The maximum Gasteiger partial charge on any atom is 0.0797 e. The molecule has 0 bridgehead atoms. The van der Waals surface area contributed by atoms with Gasteiger partial charge in [0.1, 0.15) is 0 Å². The molecular formula is C20H16O. The Kier molecular flexibility index (Phi) is 3.83. The first kappa shape index (κ1) is 13.2. The van der Waals surface area contributed by atoms with E-state index in [0.717, 1.165) is 11.8 Å². The van der Waals surface area contributed by atoms with Gasteiger partial charge in [0.25, 0.3) is 0 Å². The Morgan fingerprint density at radius 2 is 1.29 bits per heavy atom. The van der Waals surface area contributed by atoms with Gasteiger partial charge in [0.05, 0.1) is 6.26 Å². The van der Waals surface area contributed by atoms with Gasteiger partial charge >= 0.3 is 0 Å². The van der Waals surface area contributed by atoms with E-state index in [1.54, 1.807) is 6.08 Å². The summed E-state index contributed by atoms with van der Waals surface area (Å²) < 4.78 is 0. The van der Waals surface area contributed by atoms with Gasteiger partial charge < -0.3 is 5.11 Å². The molecule has 0 aliphatic heterocycles. The van der Waals surface area contributed by atoms with Crippen molar-refractivity contribution in [3.05, 3.63) is 89.7 Å². The van der Waals surface area contributed by atoms with Crippen LogP contribution in [0.25, 0.3) is 29.0 Å². The Hall–Kier alpha value is -2.80. The van der Waals surface area contributed by atoms with Crippen LogP contribution in [-0.4, -0.2) is 5.11 Å². The summed E-state index contributed by atoms with van der Waals surface area (Å²) in [4.78, 5) is 0. The van der Waals surface area contributed by atoms with Crippen molar-refractivity contribution in [1.29, 1.82) is 0 Å². The fourth-order valence-electron chi connectivity index (χ4n) is 2.51. The number of benzene rings is 3. The molecule has 0 saturated heterocycles. The molecule has 1 aliphatic carbocycles. The van der Waals surface area contributed by atoms with Crippen molar-refractivity contribution in [3.63, 3.8) is 0 Å². The monoisotopic (exact) mass is 272 g/mol. The van der Waals surface area contributed by atoms with Crippen LogP contribution in [0.2, 0.25) is 0 Å². The summed E-state index contributed by atoms with van der Waals surface area (Å²) in [5.74, 6) is 0. The van der Waals surface area contributed by atoms with Crippen LogP contribution in [0.5, 0.6) is 0 Å². The Bertz CT molecular complexity index is 758. The van der Waals surface area contributed by atoms with Gasteiger partial charge in [-0.05, 0) is 33.5 Å². The van der Waals surface area contributed by atoms with Gasteiger partial charge in [-0.2, -0.15) is 0 Å². The highest BCUT2D eigenvalue weighted by atomic mass is 16.2. The van der Waals surface area contributed by atoms with Crippen LogP contribution < -0.4 is 0 Å². The lowest BCUT2D eigenvalue weighted by Gasteiger charge is -1.99. The van der Waals surface area contributed by atoms with Gasteiger partial charge in [-0.3, -0.25) is 0 Å². The molecule has 1 N–H and O–H groups in total. The number of aliphatic hydroxyl groups is 1. The molecule has 0 aromatic heterocycles. The number of hydrogen-bond donors (Lipinski definition) is 1. The molecule has 0 radical (unpaired) electrons. The smallest absolute Gasteiger partial charge is 0.0797 e. The van der Waals surface area contributed by atoms with E-state index in [9.17, 15) is 0 Å². The summed E-state index contributed by atoms with van der Waals surface area (Å²) in [6.45, 7) is 0. The first-order valence-electron chi connectivity index (χ1n) is 6.94. The molecule has 0 heterocycles. The first-order chi connectivity index (χ1) is 10.4. The van der Waals surface area contributed by atoms with Gasteiger partial charge in [-0.15, -0.1) is 0 Å². The lowest BCUT2D eigenvalue weighted by atomic mass is 10.0. The Morgan fingerprint density at radius 1 is 0.667 bits per heavy atom. The molecule has 0 atom stereocenters. The van der Waals surface area contributed by atoms with Crippen molar-refractivity contribution in [2.75, 3.05) is 0 Å². The molecular weight excluding hydrogens is 256 g/mol. The summed E-state index contributed by atoms with van der Waals surface area (Å²) in [5.41, 5.74) is 3.71. The lowest BCUT2D eigenvalue weighted by Crippen LogP contribution is -1.76. The highest BCUT2D eigenvalue weighted by Gasteiger charge is 2.06. The van der Waals surface area contributed by atoms with E-state index < -0.39 is 0 Å². The van der Waals surface area contributed by atoms with Crippen LogP contribution >= 0.6 is 0 Å². The van der Waals surface area contributed by atoms with Crippen molar-refractivity contribution in [1.82, 2.24) is 0 Å². The first-order valence-corrected chi connectivity index (χ1v) is 6.94. The third kappa shape index (κ3) is 2.87. The third-order valence-electron chi connectivity index (χ3n) is 3.48. The van der Waals surface area contributed by atoms with E-state index >= 15 is 0 Å². The van der Waals surface area contributed by atoms with Crippen LogP contribution in [0, 0.1) is 0 Å². The minimum absolute atomic E-state index is 1.01. The van der Waals surface area contributed by atoms with Crippen LogP contribution in [0.15, 0.2) is 73.0 Å². The molecule has 0 fully saturated rings. The predicted molar refractivity (Wildman–Crippen MR) is 91.0 cm³/mol. The maximum atomic E-state index is 8.34. The molecule has 1 aliphatic rings. The Morgan fingerprint density at radius 3 is 1.86 bits per heavy atom. The number of aliphatic hydroxyl groups excluding tert-OH is 1. The topological polar surface area (TPSA) is 20.2 Å². The van der Waals surface area contributed by atoms with Crippen LogP contribution in [0.3, 0.4) is 0 Å². The van der Waals surface area contributed by atoms with E-state index in [0.29, 0.717) is 0 Å². The summed E-state index contributed by atoms with van der Waals surface area (Å²) in [6.07, 6.45) is 7.03. The summed E-state index contributed by atoms with van der Waals surface area (Å²) in [6, 6.07) is 22.5. The van der Waals surface area contributed by atoms with Crippen molar-refractivity contribution < 1.29 is 5.11 Å². The van der Waals surface area contributed by atoms with Gasteiger partial charge in [0, 0.05) is 0 Å². The average Bonchev–Trinajstić information content (AvgIpc) is 2.96. The highest BCUT2D eigenvalue weighted by molar-refractivity contribution is 6.04. The van der Waals surface area contributed by atoms with E-state index in [1.165, 1.54) is 21.9 Å². The molecule has 0 amide bonds. The SMILES string of the molecule is C1=Cc2cccc3cccc1c23.OC=Cc1ccccc1. The molecule has 4 rings (SSSR count). The molecule has 21 heavy (non-hydrogen) atoms. The van der Waals surface area contributed by atoms with Gasteiger partial charge in [0.15, 0.2) is 0 Å². The largest absolute Gasteiger partial charge is 0.516 e. The number of rotatable bonds is 1. The minimum Gasteiger partial charge on any atom is -0.516 e. The second-order valence-electron chi connectivity index (χ2n) is 4.85. The summed E-state index contributed by atoms with van der Waals surface area (Å²) in [7, 11) is 0. The molecule has 0 saturated carbocycles. The second-order valence-corrected chi connectivity index (χ2v) is 4.85. The zero-order chi connectivity index (χ0) is 14.5.